The second-order valence-electron chi connectivity index (χ2n) is 7.70. The van der Waals surface area contributed by atoms with Crippen molar-refractivity contribution in [3.8, 4) is 0 Å². The first kappa shape index (κ1) is 16.2. The van der Waals surface area contributed by atoms with Crippen LogP contribution in [-0.4, -0.2) is 44.6 Å². The molecule has 1 aromatic carbocycles. The highest BCUT2D eigenvalue weighted by Crippen LogP contribution is 2.37. The first-order chi connectivity index (χ1) is 11.7. The van der Waals surface area contributed by atoms with Gasteiger partial charge < -0.3 is 19.7 Å². The van der Waals surface area contributed by atoms with Gasteiger partial charge in [0.2, 0.25) is 0 Å². The summed E-state index contributed by atoms with van der Waals surface area (Å²) >= 11 is 0. The number of piperidine rings is 1. The van der Waals surface area contributed by atoms with E-state index in [-0.39, 0.29) is 5.60 Å². The van der Waals surface area contributed by atoms with Crippen LogP contribution in [0.3, 0.4) is 0 Å². The van der Waals surface area contributed by atoms with Crippen LogP contribution >= 0.6 is 0 Å². The Hall–Kier alpha value is -1.26. The molecule has 1 atom stereocenters. The van der Waals surface area contributed by atoms with E-state index in [0.29, 0.717) is 6.04 Å². The molecule has 1 aromatic rings. The molecule has 3 aliphatic rings. The van der Waals surface area contributed by atoms with Crippen LogP contribution in [0.15, 0.2) is 18.2 Å². The van der Waals surface area contributed by atoms with Gasteiger partial charge in [0.05, 0.1) is 18.2 Å². The molecule has 1 N–H and O–H groups in total. The van der Waals surface area contributed by atoms with Gasteiger partial charge >= 0.3 is 0 Å². The van der Waals surface area contributed by atoms with Gasteiger partial charge in [-0.2, -0.15) is 0 Å². The van der Waals surface area contributed by atoms with Crippen molar-refractivity contribution in [1.29, 1.82) is 0 Å². The molecule has 4 heteroatoms. The maximum absolute atomic E-state index is 6.20. The highest BCUT2D eigenvalue weighted by Gasteiger charge is 2.41. The minimum Gasteiger partial charge on any atom is -0.381 e. The summed E-state index contributed by atoms with van der Waals surface area (Å²) in [6.45, 7) is 7.08. The lowest BCUT2D eigenvalue weighted by atomic mass is 9.90. The number of nitrogens with zero attached hydrogens (tertiary/aromatic N) is 1. The van der Waals surface area contributed by atoms with Gasteiger partial charge in [0, 0.05) is 37.7 Å². The van der Waals surface area contributed by atoms with Gasteiger partial charge in [0.1, 0.15) is 0 Å². The second-order valence-corrected chi connectivity index (χ2v) is 7.70. The van der Waals surface area contributed by atoms with Crippen molar-refractivity contribution < 1.29 is 9.47 Å². The molecular formula is C20H30N2O2. The van der Waals surface area contributed by atoms with E-state index in [4.69, 9.17) is 9.47 Å². The lowest BCUT2D eigenvalue weighted by molar-refractivity contribution is -0.0776. The highest BCUT2D eigenvalue weighted by atomic mass is 16.5. The monoisotopic (exact) mass is 330 g/mol. The molecule has 4 rings (SSSR count). The molecule has 0 amide bonds. The fourth-order valence-electron chi connectivity index (χ4n) is 4.36. The van der Waals surface area contributed by atoms with E-state index in [2.05, 4.69) is 35.3 Å². The highest BCUT2D eigenvalue weighted by molar-refractivity contribution is 5.62. The zero-order valence-corrected chi connectivity index (χ0v) is 14.9. The molecule has 0 bridgehead atoms. The molecular weight excluding hydrogens is 300 g/mol. The van der Waals surface area contributed by atoms with E-state index in [0.717, 1.165) is 39.1 Å². The Morgan fingerprint density at radius 2 is 1.92 bits per heavy atom. The summed E-state index contributed by atoms with van der Waals surface area (Å²) in [6, 6.07) is 7.29. The summed E-state index contributed by atoms with van der Waals surface area (Å²) in [5.41, 5.74) is 4.02. The summed E-state index contributed by atoms with van der Waals surface area (Å²) in [4.78, 5) is 2.53. The van der Waals surface area contributed by atoms with E-state index in [1.807, 2.05) is 0 Å². The Bertz CT molecular complexity index is 563. The van der Waals surface area contributed by atoms with Crippen LogP contribution in [0.5, 0.6) is 0 Å². The Kier molecular flexibility index (Phi) is 4.68. The molecule has 3 aliphatic heterocycles. The van der Waals surface area contributed by atoms with Crippen molar-refractivity contribution >= 4 is 11.4 Å². The Labute approximate surface area is 145 Å². The normalized spacial score (nSPS) is 26.7. The van der Waals surface area contributed by atoms with Crippen molar-refractivity contribution in [2.24, 2.45) is 0 Å². The average Bonchev–Trinajstić information content (AvgIpc) is 3.00. The standard InChI is InChI=1S/C20H30N2O2/c1-16-5-6-18(22-9-3-2-4-10-22)13-19(16)21-17-14-20(24-15-17)7-11-23-12-8-20/h5-6,13,17,21H,2-4,7-12,14-15H2,1H3. The van der Waals surface area contributed by atoms with Gasteiger partial charge in [-0.1, -0.05) is 6.07 Å². The molecule has 4 nitrogen and oxygen atoms in total. The lowest BCUT2D eigenvalue weighted by Gasteiger charge is -2.32. The Morgan fingerprint density at radius 3 is 2.71 bits per heavy atom. The summed E-state index contributed by atoms with van der Waals surface area (Å²) in [5.74, 6) is 0. The maximum Gasteiger partial charge on any atom is 0.0747 e. The zero-order valence-electron chi connectivity index (χ0n) is 14.9. The van der Waals surface area contributed by atoms with Crippen molar-refractivity contribution in [2.45, 2.75) is 57.1 Å². The van der Waals surface area contributed by atoms with Gasteiger partial charge in [-0.05, 0) is 63.1 Å². The van der Waals surface area contributed by atoms with E-state index < -0.39 is 0 Å². The van der Waals surface area contributed by atoms with Crippen molar-refractivity contribution in [1.82, 2.24) is 0 Å². The van der Waals surface area contributed by atoms with Crippen LogP contribution in [0, 0.1) is 6.92 Å². The van der Waals surface area contributed by atoms with Gasteiger partial charge in [-0.15, -0.1) is 0 Å². The topological polar surface area (TPSA) is 33.7 Å². The number of hydrogen-bond donors (Lipinski definition) is 1. The number of benzene rings is 1. The van der Waals surface area contributed by atoms with E-state index in [1.165, 1.54) is 49.3 Å². The number of anilines is 2. The summed E-state index contributed by atoms with van der Waals surface area (Å²) < 4.78 is 11.7. The van der Waals surface area contributed by atoms with Gasteiger partial charge in [-0.25, -0.2) is 0 Å². The first-order valence-corrected chi connectivity index (χ1v) is 9.58. The first-order valence-electron chi connectivity index (χ1n) is 9.58. The molecule has 3 saturated heterocycles. The Morgan fingerprint density at radius 1 is 1.12 bits per heavy atom. The molecule has 0 radical (unpaired) electrons. The molecule has 1 unspecified atom stereocenters. The summed E-state index contributed by atoms with van der Waals surface area (Å²) in [7, 11) is 0. The smallest absolute Gasteiger partial charge is 0.0747 e. The number of rotatable bonds is 3. The van der Waals surface area contributed by atoms with Crippen molar-refractivity contribution in [3.05, 3.63) is 23.8 Å². The zero-order chi connectivity index (χ0) is 16.4. The van der Waals surface area contributed by atoms with Crippen LogP contribution in [0.2, 0.25) is 0 Å². The largest absolute Gasteiger partial charge is 0.381 e. The molecule has 132 valence electrons. The second kappa shape index (κ2) is 6.93. The number of aryl methyl sites for hydroxylation is 1. The van der Waals surface area contributed by atoms with Crippen LogP contribution in [-0.2, 0) is 9.47 Å². The number of nitrogens with one attached hydrogen (secondary N) is 1. The van der Waals surface area contributed by atoms with Crippen LogP contribution in [0.4, 0.5) is 11.4 Å². The summed E-state index contributed by atoms with van der Waals surface area (Å²) in [5, 5.41) is 3.77. The van der Waals surface area contributed by atoms with Gasteiger partial charge in [0.25, 0.3) is 0 Å². The van der Waals surface area contributed by atoms with Crippen LogP contribution in [0.1, 0.15) is 44.1 Å². The molecule has 0 aromatic heterocycles. The molecule has 24 heavy (non-hydrogen) atoms. The molecule has 0 saturated carbocycles. The Balaban J connectivity index is 1.44. The predicted octanol–water partition coefficient (Wildman–Crippen LogP) is 3.74. The summed E-state index contributed by atoms with van der Waals surface area (Å²) in [6.07, 6.45) is 7.19. The van der Waals surface area contributed by atoms with Gasteiger partial charge in [0.15, 0.2) is 0 Å². The third kappa shape index (κ3) is 3.40. The fourth-order valence-corrected chi connectivity index (χ4v) is 4.36. The van der Waals surface area contributed by atoms with Crippen LogP contribution in [0.25, 0.3) is 0 Å². The molecule has 1 spiro atoms. The van der Waals surface area contributed by atoms with Gasteiger partial charge in [-0.3, -0.25) is 0 Å². The minimum absolute atomic E-state index is 0.0638. The van der Waals surface area contributed by atoms with Crippen LogP contribution < -0.4 is 10.2 Å². The van der Waals surface area contributed by atoms with E-state index >= 15 is 0 Å². The number of hydrogen-bond acceptors (Lipinski definition) is 4. The van der Waals surface area contributed by atoms with Crippen molar-refractivity contribution in [3.63, 3.8) is 0 Å². The number of ether oxygens (including phenoxy) is 2. The molecule has 3 heterocycles. The molecule has 0 aliphatic carbocycles. The van der Waals surface area contributed by atoms with E-state index in [1.54, 1.807) is 0 Å². The minimum atomic E-state index is 0.0638. The molecule has 3 fully saturated rings. The average molecular weight is 330 g/mol. The van der Waals surface area contributed by atoms with Crippen molar-refractivity contribution in [2.75, 3.05) is 43.1 Å². The van der Waals surface area contributed by atoms with E-state index in [9.17, 15) is 0 Å². The lowest BCUT2D eigenvalue weighted by Crippen LogP contribution is -2.36. The maximum atomic E-state index is 6.20. The quantitative estimate of drug-likeness (QED) is 0.915. The third-order valence-electron chi connectivity index (χ3n) is 5.92. The fraction of sp³-hybridized carbons (Fsp3) is 0.700. The SMILES string of the molecule is Cc1ccc(N2CCCCC2)cc1NC1COC2(CCOCC2)C1. The predicted molar refractivity (Wildman–Crippen MR) is 98.0 cm³/mol. The third-order valence-corrected chi connectivity index (χ3v) is 5.92.